The molecular formula is C22H18N4O. The highest BCUT2D eigenvalue weighted by atomic mass is 16.2. The highest BCUT2D eigenvalue weighted by molar-refractivity contribution is 5.79. The van der Waals surface area contributed by atoms with Crippen molar-refractivity contribution in [2.24, 2.45) is 0 Å². The quantitative estimate of drug-likeness (QED) is 0.445. The Morgan fingerprint density at radius 3 is 2.00 bits per heavy atom. The van der Waals surface area contributed by atoms with Gasteiger partial charge in [0.2, 0.25) is 0 Å². The van der Waals surface area contributed by atoms with Crippen LogP contribution in [0.3, 0.4) is 0 Å². The number of H-pyrrole nitrogens is 2. The number of nitrogens with one attached hydrogen (secondary N) is 2. The highest BCUT2D eigenvalue weighted by Crippen LogP contribution is 2.21. The molecule has 0 saturated heterocycles. The second-order valence-electron chi connectivity index (χ2n) is 6.63. The molecule has 0 aromatic carbocycles. The van der Waals surface area contributed by atoms with Crippen LogP contribution in [0.1, 0.15) is 28.3 Å². The second-order valence-corrected chi connectivity index (χ2v) is 6.63. The zero-order valence-corrected chi connectivity index (χ0v) is 14.6. The van der Waals surface area contributed by atoms with Gasteiger partial charge in [-0.05, 0) is 73.2 Å². The summed E-state index contributed by atoms with van der Waals surface area (Å²) < 4.78 is 0. The Hall–Kier alpha value is -3.44. The van der Waals surface area contributed by atoms with E-state index in [9.17, 15) is 5.11 Å². The molecule has 0 aliphatic carbocycles. The van der Waals surface area contributed by atoms with Crippen LogP contribution in [-0.4, -0.2) is 31.6 Å². The summed E-state index contributed by atoms with van der Waals surface area (Å²) in [6.07, 6.45) is 8.54. The third-order valence-electron chi connectivity index (χ3n) is 4.69. The zero-order chi connectivity index (χ0) is 18.2. The van der Waals surface area contributed by atoms with E-state index in [1.807, 2.05) is 66.8 Å². The Kier molecular flexibility index (Phi) is 3.73. The molecule has 2 aliphatic rings. The van der Waals surface area contributed by atoms with Gasteiger partial charge in [0.05, 0.1) is 22.8 Å². The summed E-state index contributed by atoms with van der Waals surface area (Å²) in [6, 6.07) is 14.2. The molecule has 0 amide bonds. The minimum atomic E-state index is 0.0723. The molecule has 0 atom stereocenters. The van der Waals surface area contributed by atoms with Gasteiger partial charge < -0.3 is 15.1 Å². The minimum Gasteiger partial charge on any atom is -0.396 e. The molecule has 0 fully saturated rings. The van der Waals surface area contributed by atoms with E-state index in [1.54, 1.807) is 0 Å². The lowest BCUT2D eigenvalue weighted by molar-refractivity contribution is 0.300. The number of hydrogen-bond acceptors (Lipinski definition) is 3. The molecule has 0 radical (unpaired) electrons. The van der Waals surface area contributed by atoms with Crippen molar-refractivity contribution < 1.29 is 5.11 Å². The van der Waals surface area contributed by atoms with E-state index in [0.717, 1.165) is 50.4 Å². The van der Waals surface area contributed by atoms with Crippen molar-refractivity contribution in [3.63, 3.8) is 0 Å². The molecule has 0 spiro atoms. The number of rotatable bonds is 2. The summed E-state index contributed by atoms with van der Waals surface area (Å²) >= 11 is 0. The maximum Gasteiger partial charge on any atom is 0.0691 e. The van der Waals surface area contributed by atoms with Crippen LogP contribution in [-0.2, 0) is 6.42 Å². The fraction of sp³-hybridized carbons (Fsp3) is 0.0909. The van der Waals surface area contributed by atoms with Gasteiger partial charge in [-0.1, -0.05) is 0 Å². The number of aliphatic hydroxyl groups is 1. The summed E-state index contributed by atoms with van der Waals surface area (Å²) in [4.78, 5) is 16.2. The second kappa shape index (κ2) is 6.37. The van der Waals surface area contributed by atoms with E-state index < -0.39 is 0 Å². The Bertz CT molecular complexity index is 1240. The van der Waals surface area contributed by atoms with E-state index in [1.165, 1.54) is 0 Å². The monoisotopic (exact) mass is 354 g/mol. The molecule has 0 unspecified atom stereocenters. The number of fused-ring (bicyclic) bond motifs is 8. The highest BCUT2D eigenvalue weighted by Gasteiger charge is 2.08. The fourth-order valence-electron chi connectivity index (χ4n) is 3.44. The van der Waals surface area contributed by atoms with Crippen LogP contribution in [0.25, 0.3) is 46.4 Å². The molecule has 27 heavy (non-hydrogen) atoms. The van der Waals surface area contributed by atoms with Gasteiger partial charge in [-0.3, -0.25) is 0 Å². The van der Waals surface area contributed by atoms with Crippen molar-refractivity contribution in [3.8, 4) is 0 Å². The first-order valence-electron chi connectivity index (χ1n) is 8.94. The Balaban J connectivity index is 1.86. The van der Waals surface area contributed by atoms with Gasteiger partial charge in [-0.25, -0.2) is 9.97 Å². The number of nitrogens with zero attached hydrogens (tertiary/aromatic N) is 2. The first-order chi connectivity index (χ1) is 13.3. The number of hydrogen-bond donors (Lipinski definition) is 3. The molecule has 3 aromatic rings. The number of aromatic nitrogens is 4. The van der Waals surface area contributed by atoms with Crippen molar-refractivity contribution in [2.45, 2.75) is 6.42 Å². The van der Waals surface area contributed by atoms with Crippen molar-refractivity contribution >= 4 is 46.4 Å². The Labute approximate surface area is 155 Å². The topological polar surface area (TPSA) is 77.6 Å². The maximum absolute atomic E-state index is 9.53. The van der Waals surface area contributed by atoms with Crippen molar-refractivity contribution in [1.82, 2.24) is 19.9 Å². The van der Waals surface area contributed by atoms with E-state index in [0.29, 0.717) is 6.42 Å². The molecule has 3 N–H and O–H groups in total. The van der Waals surface area contributed by atoms with Crippen LogP contribution in [0.4, 0.5) is 0 Å². The van der Waals surface area contributed by atoms with Crippen LogP contribution in [0.15, 0.2) is 42.5 Å². The normalized spacial score (nSPS) is 12.6. The molecule has 5 heterocycles. The van der Waals surface area contributed by atoms with Gasteiger partial charge in [0, 0.05) is 34.2 Å². The van der Waals surface area contributed by atoms with Gasteiger partial charge in [0.25, 0.3) is 0 Å². The third-order valence-corrected chi connectivity index (χ3v) is 4.69. The van der Waals surface area contributed by atoms with Gasteiger partial charge >= 0.3 is 0 Å². The first kappa shape index (κ1) is 15.8. The van der Waals surface area contributed by atoms with Crippen LogP contribution >= 0.6 is 0 Å². The molecule has 0 saturated carbocycles. The SMILES string of the molecule is OCCc1c2nc(cc3ccc(cc4nc(cc5ccc1[nH]5)C=C4)[nH]3)C=C2. The van der Waals surface area contributed by atoms with Crippen LogP contribution < -0.4 is 0 Å². The molecule has 132 valence electrons. The molecule has 2 aliphatic heterocycles. The molecule has 3 aromatic heterocycles. The smallest absolute Gasteiger partial charge is 0.0691 e. The lowest BCUT2D eigenvalue weighted by atomic mass is 10.1. The standard InChI is InChI=1S/C22H18N4O/c27-10-9-20-21-7-5-18(25-21)12-16-3-1-14(23-16)11-15-2-4-17(24-15)13-19-6-8-22(20)26-19/h1-8,11-13,23,26-27H,9-10H2. The van der Waals surface area contributed by atoms with E-state index in [2.05, 4.69) is 15.0 Å². The summed E-state index contributed by atoms with van der Waals surface area (Å²) in [6.45, 7) is 0.0723. The van der Waals surface area contributed by atoms with E-state index in [4.69, 9.17) is 4.98 Å². The predicted molar refractivity (Wildman–Crippen MR) is 110 cm³/mol. The third kappa shape index (κ3) is 3.09. The minimum absolute atomic E-state index is 0.0723. The van der Waals surface area contributed by atoms with Gasteiger partial charge in [-0.2, -0.15) is 0 Å². The molecule has 5 heteroatoms. The summed E-state index contributed by atoms with van der Waals surface area (Å²) in [5.74, 6) is 0. The maximum atomic E-state index is 9.53. The largest absolute Gasteiger partial charge is 0.396 e. The summed E-state index contributed by atoms with van der Waals surface area (Å²) in [5, 5.41) is 9.53. The number of aliphatic hydroxyl groups excluding tert-OH is 1. The van der Waals surface area contributed by atoms with Crippen LogP contribution in [0.2, 0.25) is 0 Å². The van der Waals surface area contributed by atoms with Crippen LogP contribution in [0.5, 0.6) is 0 Å². The van der Waals surface area contributed by atoms with Gasteiger partial charge in [-0.15, -0.1) is 0 Å². The van der Waals surface area contributed by atoms with Crippen LogP contribution in [0, 0.1) is 0 Å². The lowest BCUT2D eigenvalue weighted by Gasteiger charge is -1.99. The van der Waals surface area contributed by atoms with E-state index in [-0.39, 0.29) is 6.61 Å². The van der Waals surface area contributed by atoms with E-state index >= 15 is 0 Å². The number of aromatic amines is 2. The van der Waals surface area contributed by atoms with Gasteiger partial charge in [0.1, 0.15) is 0 Å². The predicted octanol–water partition coefficient (Wildman–Crippen LogP) is 4.19. The first-order valence-corrected chi connectivity index (χ1v) is 8.94. The van der Waals surface area contributed by atoms with Crippen molar-refractivity contribution in [3.05, 3.63) is 70.8 Å². The van der Waals surface area contributed by atoms with Gasteiger partial charge in [0.15, 0.2) is 0 Å². The van der Waals surface area contributed by atoms with Crippen molar-refractivity contribution in [2.75, 3.05) is 6.61 Å². The summed E-state index contributed by atoms with van der Waals surface area (Å²) in [5.41, 5.74) is 8.50. The average Bonchev–Trinajstić information content (AvgIpc) is 3.43. The summed E-state index contributed by atoms with van der Waals surface area (Å²) in [7, 11) is 0. The Morgan fingerprint density at radius 1 is 0.704 bits per heavy atom. The molecular weight excluding hydrogens is 336 g/mol. The molecule has 5 rings (SSSR count). The zero-order valence-electron chi connectivity index (χ0n) is 14.6. The Morgan fingerprint density at radius 2 is 1.30 bits per heavy atom. The molecule has 8 bridgehead atoms. The molecule has 5 nitrogen and oxygen atoms in total. The fourth-order valence-corrected chi connectivity index (χ4v) is 3.44. The van der Waals surface area contributed by atoms with Crippen molar-refractivity contribution in [1.29, 1.82) is 0 Å². The average molecular weight is 354 g/mol. The lowest BCUT2D eigenvalue weighted by Crippen LogP contribution is -1.94.